The van der Waals surface area contributed by atoms with Crippen LogP contribution in [0.2, 0.25) is 10.0 Å². The average Bonchev–Trinajstić information content (AvgIpc) is 3.29. The largest absolute Gasteiger partial charge is 0.434 e. The normalized spacial score (nSPS) is 19.5. The molecule has 13 heteroatoms. The molecule has 1 aromatic heterocycles. The Labute approximate surface area is 200 Å². The van der Waals surface area contributed by atoms with Gasteiger partial charge in [-0.3, -0.25) is 4.90 Å². The Morgan fingerprint density at radius 3 is 2.24 bits per heavy atom. The van der Waals surface area contributed by atoms with Crippen LogP contribution in [0.4, 0.5) is 31.1 Å². The first-order valence-electron chi connectivity index (χ1n) is 10.6. The Bertz CT molecular complexity index is 1010. The molecule has 188 valence electrons. The number of fused-ring (bicyclic) bond motifs is 1. The summed E-state index contributed by atoms with van der Waals surface area (Å²) in [6, 6.07) is 5.46. The van der Waals surface area contributed by atoms with Crippen LogP contribution in [-0.4, -0.2) is 64.5 Å². The molecule has 0 bridgehead atoms. The van der Waals surface area contributed by atoms with E-state index in [0.717, 1.165) is 40.9 Å². The van der Waals surface area contributed by atoms with E-state index in [1.54, 1.807) is 12.1 Å². The van der Waals surface area contributed by atoms with Gasteiger partial charge in [0.2, 0.25) is 0 Å². The zero-order valence-electron chi connectivity index (χ0n) is 17.7. The first-order valence-corrected chi connectivity index (χ1v) is 11.3. The van der Waals surface area contributed by atoms with E-state index in [1.807, 2.05) is 6.07 Å². The maximum atomic E-state index is 12.7. The number of hydrogen-bond donors (Lipinski definition) is 1. The van der Waals surface area contributed by atoms with Crippen LogP contribution in [0, 0.1) is 0 Å². The topological polar surface area (TPSA) is 48.6 Å². The minimum absolute atomic E-state index is 0.00961. The minimum Gasteiger partial charge on any atom is -0.426 e. The Morgan fingerprint density at radius 1 is 1.00 bits per heavy atom. The van der Waals surface area contributed by atoms with Gasteiger partial charge in [-0.2, -0.15) is 26.3 Å². The van der Waals surface area contributed by atoms with E-state index in [4.69, 9.17) is 23.2 Å². The van der Waals surface area contributed by atoms with E-state index in [2.05, 4.69) is 14.6 Å². The Balaban J connectivity index is 1.41. The predicted octanol–water partition coefficient (Wildman–Crippen LogP) is 6.53. The maximum Gasteiger partial charge on any atom is 0.434 e. The van der Waals surface area contributed by atoms with Gasteiger partial charge in [0.15, 0.2) is 0 Å². The molecule has 2 fully saturated rings. The number of aromatic nitrogens is 1. The molecule has 0 saturated carbocycles. The highest BCUT2D eigenvalue weighted by Crippen LogP contribution is 2.41. The van der Waals surface area contributed by atoms with Gasteiger partial charge in [0.05, 0.1) is 10.0 Å². The van der Waals surface area contributed by atoms with Crippen LogP contribution < -0.4 is 0 Å². The molecular weight excluding hydrogens is 511 g/mol. The number of aromatic amines is 1. The van der Waals surface area contributed by atoms with Gasteiger partial charge in [0, 0.05) is 41.8 Å². The Kier molecular flexibility index (Phi) is 6.67. The number of amides is 1. The third-order valence-electron chi connectivity index (χ3n) is 6.59. The number of halogens is 8. The van der Waals surface area contributed by atoms with E-state index < -0.39 is 24.5 Å². The standard InChI is InChI=1S/C21H21Cl2F6N3O2/c22-14-9-12-8-13(30-16(12)10-15(14)23)11-32-5-1-2-19(32)3-6-31(7-4-19)18(33)34-17(20(24,25)26)21(27,28)29/h8-10,17,30H,1-7,11H2. The van der Waals surface area contributed by atoms with Gasteiger partial charge in [-0.25, -0.2) is 4.79 Å². The van der Waals surface area contributed by atoms with Crippen molar-refractivity contribution in [3.8, 4) is 0 Å². The molecule has 0 atom stereocenters. The fourth-order valence-corrected chi connectivity index (χ4v) is 5.22. The van der Waals surface area contributed by atoms with E-state index in [1.165, 1.54) is 0 Å². The number of H-pyrrole nitrogens is 1. The number of alkyl halides is 6. The summed E-state index contributed by atoms with van der Waals surface area (Å²) in [5.74, 6) is 0. The van der Waals surface area contributed by atoms with Gasteiger partial charge in [0.25, 0.3) is 6.10 Å². The second-order valence-corrected chi connectivity index (χ2v) is 9.55. The monoisotopic (exact) mass is 531 g/mol. The highest BCUT2D eigenvalue weighted by atomic mass is 35.5. The lowest BCUT2D eigenvalue weighted by atomic mass is 9.85. The summed E-state index contributed by atoms with van der Waals surface area (Å²) in [4.78, 5) is 18.6. The van der Waals surface area contributed by atoms with Crippen LogP contribution in [0.15, 0.2) is 18.2 Å². The molecule has 4 rings (SSSR count). The van der Waals surface area contributed by atoms with Gasteiger partial charge in [0.1, 0.15) is 0 Å². The van der Waals surface area contributed by atoms with Crippen molar-refractivity contribution in [3.05, 3.63) is 33.9 Å². The third kappa shape index (κ3) is 5.06. The molecular formula is C21H21Cl2F6N3O2. The van der Waals surface area contributed by atoms with Crippen molar-refractivity contribution in [2.45, 2.75) is 56.2 Å². The number of carbonyl (C=O) groups is 1. The molecule has 3 heterocycles. The van der Waals surface area contributed by atoms with Gasteiger partial charge in [-0.1, -0.05) is 23.2 Å². The van der Waals surface area contributed by atoms with Crippen LogP contribution in [0.5, 0.6) is 0 Å². The molecule has 5 nitrogen and oxygen atoms in total. The highest BCUT2D eigenvalue weighted by Gasteiger charge is 2.60. The van der Waals surface area contributed by atoms with E-state index >= 15 is 0 Å². The van der Waals surface area contributed by atoms with Crippen LogP contribution in [0.3, 0.4) is 0 Å². The molecule has 0 radical (unpaired) electrons. The average molecular weight is 532 g/mol. The maximum absolute atomic E-state index is 12.7. The number of benzene rings is 1. The Morgan fingerprint density at radius 2 is 1.62 bits per heavy atom. The summed E-state index contributed by atoms with van der Waals surface area (Å²) in [6.45, 7) is 1.37. The van der Waals surface area contributed by atoms with Crippen molar-refractivity contribution in [3.63, 3.8) is 0 Å². The molecule has 0 unspecified atom stereocenters. The zero-order chi connectivity index (χ0) is 24.9. The molecule has 2 aliphatic heterocycles. The number of rotatable bonds is 3. The first kappa shape index (κ1) is 25.2. The van der Waals surface area contributed by atoms with E-state index in [-0.39, 0.29) is 18.6 Å². The van der Waals surface area contributed by atoms with E-state index in [9.17, 15) is 31.1 Å². The molecule has 34 heavy (non-hydrogen) atoms. The molecule has 0 aliphatic carbocycles. The van der Waals surface area contributed by atoms with Gasteiger partial charge < -0.3 is 14.6 Å². The second kappa shape index (κ2) is 8.98. The number of ether oxygens (including phenoxy) is 1. The summed E-state index contributed by atoms with van der Waals surface area (Å²) >= 11 is 12.2. The summed E-state index contributed by atoms with van der Waals surface area (Å²) in [5.41, 5.74) is 1.46. The van der Waals surface area contributed by atoms with Crippen LogP contribution >= 0.6 is 23.2 Å². The van der Waals surface area contributed by atoms with Crippen molar-refractivity contribution < 1.29 is 35.9 Å². The van der Waals surface area contributed by atoms with Crippen molar-refractivity contribution in [1.29, 1.82) is 0 Å². The van der Waals surface area contributed by atoms with Crippen LogP contribution in [0.1, 0.15) is 31.4 Å². The molecule has 1 amide bonds. The number of nitrogens with zero attached hydrogens (tertiary/aromatic N) is 2. The van der Waals surface area contributed by atoms with Crippen molar-refractivity contribution in [2.24, 2.45) is 0 Å². The number of piperidine rings is 1. The fourth-order valence-electron chi connectivity index (χ4n) is 4.88. The fraction of sp³-hybridized carbons (Fsp3) is 0.571. The smallest absolute Gasteiger partial charge is 0.426 e. The van der Waals surface area contributed by atoms with Crippen LogP contribution in [0.25, 0.3) is 10.9 Å². The third-order valence-corrected chi connectivity index (χ3v) is 7.31. The van der Waals surface area contributed by atoms with Gasteiger partial charge >= 0.3 is 18.4 Å². The summed E-state index contributed by atoms with van der Waals surface area (Å²) in [5, 5.41) is 1.77. The molecule has 2 saturated heterocycles. The highest BCUT2D eigenvalue weighted by molar-refractivity contribution is 6.42. The zero-order valence-corrected chi connectivity index (χ0v) is 19.2. The lowest BCUT2D eigenvalue weighted by molar-refractivity contribution is -0.308. The van der Waals surface area contributed by atoms with Crippen LogP contribution in [-0.2, 0) is 11.3 Å². The number of nitrogens with one attached hydrogen (secondary N) is 1. The molecule has 1 N–H and O–H groups in total. The number of hydrogen-bond acceptors (Lipinski definition) is 3. The molecule has 1 aromatic carbocycles. The summed E-state index contributed by atoms with van der Waals surface area (Å²) < 4.78 is 80.2. The number of likely N-dealkylation sites (tertiary alicyclic amines) is 2. The lowest BCUT2D eigenvalue weighted by Crippen LogP contribution is -2.54. The predicted molar refractivity (Wildman–Crippen MR) is 114 cm³/mol. The van der Waals surface area contributed by atoms with Crippen molar-refractivity contribution in [2.75, 3.05) is 19.6 Å². The lowest BCUT2D eigenvalue weighted by Gasteiger charge is -2.44. The first-order chi connectivity index (χ1) is 15.8. The molecule has 2 aliphatic rings. The van der Waals surface area contributed by atoms with Crippen molar-refractivity contribution in [1.82, 2.24) is 14.8 Å². The van der Waals surface area contributed by atoms with Gasteiger partial charge in [-0.05, 0) is 50.4 Å². The summed E-state index contributed by atoms with van der Waals surface area (Å²) in [6.07, 6.45) is -14.7. The quantitative estimate of drug-likeness (QED) is 0.458. The SMILES string of the molecule is O=C(OC(C(F)(F)F)C(F)(F)F)N1CCC2(CCCN2Cc2cc3cc(Cl)c(Cl)cc3[nH]2)CC1. The van der Waals surface area contributed by atoms with Gasteiger partial charge in [-0.15, -0.1) is 0 Å². The molecule has 1 spiro atoms. The summed E-state index contributed by atoms with van der Waals surface area (Å²) in [7, 11) is 0. The second-order valence-electron chi connectivity index (χ2n) is 8.73. The Hall–Kier alpha value is -1.85. The van der Waals surface area contributed by atoms with Crippen molar-refractivity contribution >= 4 is 40.2 Å². The number of carbonyl (C=O) groups excluding carboxylic acids is 1. The van der Waals surface area contributed by atoms with E-state index in [0.29, 0.717) is 29.4 Å². The minimum atomic E-state index is -5.73. The molecule has 2 aromatic rings.